The minimum atomic E-state index is -0.531. The predicted octanol–water partition coefficient (Wildman–Crippen LogP) is 1.57. The number of carbonyl (C=O) groups excluding carboxylic acids is 1. The van der Waals surface area contributed by atoms with Crippen LogP contribution < -0.4 is 5.32 Å². The molecule has 0 aromatic carbocycles. The Balaban J connectivity index is 2.65. The number of halogens is 1. The molecule has 0 spiro atoms. The van der Waals surface area contributed by atoms with Crippen LogP contribution in [0.15, 0.2) is 6.20 Å². The molecule has 1 N–H and O–H groups in total. The van der Waals surface area contributed by atoms with Crippen molar-refractivity contribution in [2.45, 2.75) is 13.6 Å². The Bertz CT molecular complexity index is 261. The van der Waals surface area contributed by atoms with Gasteiger partial charge in [-0.3, -0.25) is 4.79 Å². The van der Waals surface area contributed by atoms with Gasteiger partial charge in [0.05, 0.1) is 4.88 Å². The van der Waals surface area contributed by atoms with Gasteiger partial charge in [0.15, 0.2) is 5.13 Å². The first kappa shape index (κ1) is 8.13. The molecule has 0 aliphatic rings. The van der Waals surface area contributed by atoms with Gasteiger partial charge in [-0.2, -0.15) is 0 Å². The van der Waals surface area contributed by atoms with Crippen LogP contribution in [0, 0.1) is 0 Å². The molecule has 1 aromatic heterocycles. The van der Waals surface area contributed by atoms with Gasteiger partial charge in [0.2, 0.25) is 5.91 Å². The van der Waals surface area contributed by atoms with E-state index in [1.54, 1.807) is 0 Å². The van der Waals surface area contributed by atoms with E-state index >= 15 is 0 Å². The van der Waals surface area contributed by atoms with E-state index in [4.69, 9.17) is 0 Å². The minimum Gasteiger partial charge on any atom is -0.302 e. The number of alkyl halides is 1. The molecule has 0 aliphatic heterocycles. The number of hydrogen-bond acceptors (Lipinski definition) is 3. The summed E-state index contributed by atoms with van der Waals surface area (Å²) in [6.07, 6.45) is 1.41. The van der Waals surface area contributed by atoms with Gasteiger partial charge in [-0.1, -0.05) is 11.3 Å². The standard InChI is InChI=1S/C6H7FN2OS/c1-4(10)9-6-8-3-5(2-7)11-6/h3H,2H2,1H3,(H,8,9,10). The average Bonchev–Trinajstić information content (AvgIpc) is 2.34. The van der Waals surface area contributed by atoms with Gasteiger partial charge >= 0.3 is 0 Å². The normalized spacial score (nSPS) is 9.64. The third-order valence-corrected chi connectivity index (χ3v) is 1.85. The van der Waals surface area contributed by atoms with Gasteiger partial charge in [-0.15, -0.1) is 0 Å². The lowest BCUT2D eigenvalue weighted by molar-refractivity contribution is -0.114. The number of anilines is 1. The van der Waals surface area contributed by atoms with Crippen molar-refractivity contribution < 1.29 is 9.18 Å². The fourth-order valence-electron chi connectivity index (χ4n) is 0.578. The second kappa shape index (κ2) is 3.43. The number of thiazole rings is 1. The molecule has 1 aromatic rings. The summed E-state index contributed by atoms with van der Waals surface area (Å²) in [5.74, 6) is -0.190. The highest BCUT2D eigenvalue weighted by Crippen LogP contribution is 2.18. The molecule has 1 rings (SSSR count). The third kappa shape index (κ3) is 2.27. The van der Waals surface area contributed by atoms with Gasteiger partial charge in [0.25, 0.3) is 0 Å². The van der Waals surface area contributed by atoms with Crippen molar-refractivity contribution >= 4 is 22.4 Å². The van der Waals surface area contributed by atoms with Gasteiger partial charge in [0.1, 0.15) is 6.67 Å². The van der Waals surface area contributed by atoms with Crippen molar-refractivity contribution in [1.29, 1.82) is 0 Å². The van der Waals surface area contributed by atoms with E-state index in [9.17, 15) is 9.18 Å². The number of rotatable bonds is 2. The Morgan fingerprint density at radius 2 is 2.64 bits per heavy atom. The zero-order valence-corrected chi connectivity index (χ0v) is 6.74. The van der Waals surface area contributed by atoms with E-state index < -0.39 is 6.67 Å². The van der Waals surface area contributed by atoms with Crippen molar-refractivity contribution in [3.8, 4) is 0 Å². The lowest BCUT2D eigenvalue weighted by Gasteiger charge is -1.91. The van der Waals surface area contributed by atoms with Crippen molar-refractivity contribution in [3.63, 3.8) is 0 Å². The maximum atomic E-state index is 11.9. The first-order chi connectivity index (χ1) is 5.22. The zero-order valence-electron chi connectivity index (χ0n) is 5.93. The molecule has 5 heteroatoms. The maximum absolute atomic E-state index is 11.9. The second-order valence-corrected chi connectivity index (χ2v) is 3.06. The lowest BCUT2D eigenvalue weighted by Crippen LogP contribution is -2.04. The highest BCUT2D eigenvalue weighted by molar-refractivity contribution is 7.15. The van der Waals surface area contributed by atoms with Crippen LogP contribution in [0.5, 0.6) is 0 Å². The van der Waals surface area contributed by atoms with Crippen LogP contribution in [-0.4, -0.2) is 10.9 Å². The Hall–Kier alpha value is -0.970. The average molecular weight is 174 g/mol. The monoisotopic (exact) mass is 174 g/mol. The summed E-state index contributed by atoms with van der Waals surface area (Å²) in [7, 11) is 0. The topological polar surface area (TPSA) is 42.0 Å². The summed E-state index contributed by atoms with van der Waals surface area (Å²) >= 11 is 1.14. The molecule has 0 aliphatic carbocycles. The first-order valence-corrected chi connectivity index (χ1v) is 3.82. The Morgan fingerprint density at radius 3 is 3.09 bits per heavy atom. The zero-order chi connectivity index (χ0) is 8.27. The molecule has 0 radical (unpaired) electrons. The summed E-state index contributed by atoms with van der Waals surface area (Å²) in [5, 5.41) is 2.91. The van der Waals surface area contributed by atoms with Gasteiger partial charge in [-0.05, 0) is 0 Å². The number of nitrogens with zero attached hydrogens (tertiary/aromatic N) is 1. The molecule has 60 valence electrons. The first-order valence-electron chi connectivity index (χ1n) is 3.00. The summed E-state index contributed by atoms with van der Waals surface area (Å²) < 4.78 is 11.9. The molecule has 0 saturated heterocycles. The van der Waals surface area contributed by atoms with E-state index in [1.165, 1.54) is 13.1 Å². The molecule has 0 unspecified atom stereocenters. The summed E-state index contributed by atoms with van der Waals surface area (Å²) in [6, 6.07) is 0. The van der Waals surface area contributed by atoms with Gasteiger partial charge in [0, 0.05) is 13.1 Å². The van der Waals surface area contributed by atoms with Crippen molar-refractivity contribution in [2.75, 3.05) is 5.32 Å². The number of hydrogen-bond donors (Lipinski definition) is 1. The SMILES string of the molecule is CC(=O)Nc1ncc(CF)s1. The van der Waals surface area contributed by atoms with Crippen molar-refractivity contribution in [3.05, 3.63) is 11.1 Å². The molecule has 0 saturated carbocycles. The second-order valence-electron chi connectivity index (χ2n) is 1.95. The van der Waals surface area contributed by atoms with E-state index in [1.807, 2.05) is 0 Å². The summed E-state index contributed by atoms with van der Waals surface area (Å²) in [4.78, 5) is 14.8. The van der Waals surface area contributed by atoms with E-state index in [2.05, 4.69) is 10.3 Å². The van der Waals surface area contributed by atoms with E-state index in [0.717, 1.165) is 11.3 Å². The van der Waals surface area contributed by atoms with Gasteiger partial charge < -0.3 is 5.32 Å². The Morgan fingerprint density at radius 1 is 1.91 bits per heavy atom. The van der Waals surface area contributed by atoms with Crippen LogP contribution >= 0.6 is 11.3 Å². The van der Waals surface area contributed by atoms with Crippen LogP contribution in [-0.2, 0) is 11.5 Å². The van der Waals surface area contributed by atoms with Crippen LogP contribution in [0.25, 0.3) is 0 Å². The number of carbonyl (C=O) groups is 1. The molecule has 11 heavy (non-hydrogen) atoms. The molecule has 3 nitrogen and oxygen atoms in total. The predicted molar refractivity (Wildman–Crippen MR) is 41.2 cm³/mol. The lowest BCUT2D eigenvalue weighted by atomic mass is 10.6. The van der Waals surface area contributed by atoms with Gasteiger partial charge in [-0.25, -0.2) is 9.37 Å². The summed E-state index contributed by atoms with van der Waals surface area (Å²) in [6.45, 7) is 0.855. The van der Waals surface area contributed by atoms with E-state index in [0.29, 0.717) is 10.0 Å². The molecule has 1 amide bonds. The Kier molecular flexibility index (Phi) is 2.53. The largest absolute Gasteiger partial charge is 0.302 e. The smallest absolute Gasteiger partial charge is 0.223 e. The minimum absolute atomic E-state index is 0.190. The molecular weight excluding hydrogens is 167 g/mol. The van der Waals surface area contributed by atoms with Crippen LogP contribution in [0.2, 0.25) is 0 Å². The van der Waals surface area contributed by atoms with Crippen LogP contribution in [0.1, 0.15) is 11.8 Å². The van der Waals surface area contributed by atoms with E-state index in [-0.39, 0.29) is 5.91 Å². The Labute approximate surface area is 67.3 Å². The fourth-order valence-corrected chi connectivity index (χ4v) is 1.29. The molecular formula is C6H7FN2OS. The highest BCUT2D eigenvalue weighted by Gasteiger charge is 2.01. The molecule has 0 atom stereocenters. The number of aromatic nitrogens is 1. The van der Waals surface area contributed by atoms with Crippen molar-refractivity contribution in [2.24, 2.45) is 0 Å². The van der Waals surface area contributed by atoms with Crippen LogP contribution in [0.4, 0.5) is 9.52 Å². The molecule has 1 heterocycles. The quantitative estimate of drug-likeness (QED) is 0.739. The van der Waals surface area contributed by atoms with Crippen LogP contribution in [0.3, 0.4) is 0 Å². The fraction of sp³-hybridized carbons (Fsp3) is 0.333. The number of nitrogens with one attached hydrogen (secondary N) is 1. The molecule has 0 bridgehead atoms. The third-order valence-electron chi connectivity index (χ3n) is 0.968. The number of amides is 1. The molecule has 0 fully saturated rings. The van der Waals surface area contributed by atoms with Crippen molar-refractivity contribution in [1.82, 2.24) is 4.98 Å². The highest BCUT2D eigenvalue weighted by atomic mass is 32.1. The summed E-state index contributed by atoms with van der Waals surface area (Å²) in [5.41, 5.74) is 0. The maximum Gasteiger partial charge on any atom is 0.223 e.